The summed E-state index contributed by atoms with van der Waals surface area (Å²) in [5.74, 6) is 1.19. The Morgan fingerprint density at radius 3 is 1.38 bits per heavy atom. The first-order valence-corrected chi connectivity index (χ1v) is 36.1. The van der Waals surface area contributed by atoms with E-state index in [1.807, 2.05) is 34.6 Å². The molecule has 0 aromatic carbocycles. The average molecular weight is 1230 g/mol. The molecule has 0 N–H and O–H groups in total. The Bertz CT molecular complexity index is 1480. The normalized spacial score (nSPS) is 14.2. The Morgan fingerprint density at radius 2 is 0.988 bits per heavy atom. The van der Waals surface area contributed by atoms with Crippen LogP contribution in [0, 0.1) is 11.8 Å². The third-order valence-electron chi connectivity index (χ3n) is 15.5. The van der Waals surface area contributed by atoms with E-state index in [0.29, 0.717) is 50.1 Å². The van der Waals surface area contributed by atoms with Gasteiger partial charge in [-0.2, -0.15) is 0 Å². The van der Waals surface area contributed by atoms with Crippen molar-refractivity contribution < 1.29 is 52.5 Å². The van der Waals surface area contributed by atoms with Gasteiger partial charge in [-0.1, -0.05) is 264 Å². The van der Waals surface area contributed by atoms with E-state index in [4.69, 9.17) is 18.9 Å². The van der Waals surface area contributed by atoms with Gasteiger partial charge in [0, 0.05) is 64.2 Å². The maximum Gasteiger partial charge on any atom is 0.410 e. The summed E-state index contributed by atoms with van der Waals surface area (Å²) in [5.41, 5.74) is 0. The number of esters is 2. The van der Waals surface area contributed by atoms with Gasteiger partial charge in [0.05, 0.1) is 39.4 Å². The molecule has 0 aromatic heterocycles. The van der Waals surface area contributed by atoms with E-state index in [2.05, 4.69) is 55.4 Å². The number of amides is 1. The van der Waals surface area contributed by atoms with Crippen molar-refractivity contribution in [2.75, 3.05) is 53.1 Å². The Hall–Kier alpha value is -3.19. The van der Waals surface area contributed by atoms with Crippen LogP contribution in [0.25, 0.3) is 0 Å². The van der Waals surface area contributed by atoms with Gasteiger partial charge in [0.2, 0.25) is 0 Å². The number of hydrogen-bond donors (Lipinski definition) is 0. The monoisotopic (exact) mass is 1230 g/mol. The number of nitrogens with zero attached hydrogens (tertiary/aromatic N) is 2. The van der Waals surface area contributed by atoms with Crippen LogP contribution in [0.1, 0.15) is 354 Å². The second kappa shape index (κ2) is 74.3. The van der Waals surface area contributed by atoms with Gasteiger partial charge < -0.3 is 28.6 Å². The lowest BCUT2D eigenvalue weighted by Crippen LogP contribution is -2.39. The van der Waals surface area contributed by atoms with Crippen LogP contribution in [0.4, 0.5) is 4.79 Å². The Kier molecular flexibility index (Phi) is 79.1. The average Bonchev–Trinajstić information content (AvgIpc) is 4.16. The van der Waals surface area contributed by atoms with Gasteiger partial charge in [0.1, 0.15) is 29.7 Å². The zero-order chi connectivity index (χ0) is 65.7. The summed E-state index contributed by atoms with van der Waals surface area (Å²) < 4.78 is 20.6. The fourth-order valence-electron chi connectivity index (χ4n) is 9.18. The third-order valence-corrected chi connectivity index (χ3v) is 15.5. The minimum Gasteiger partial charge on any atom is -0.465 e. The van der Waals surface area contributed by atoms with Crippen molar-refractivity contribution in [2.45, 2.75) is 366 Å². The summed E-state index contributed by atoms with van der Waals surface area (Å²) >= 11 is 0. The zero-order valence-corrected chi connectivity index (χ0v) is 59.5. The standard InChI is InChI=1S/C18H31NO4.C15H30O.C13H23NO4.C12H24O.C9H20O.C4H10.C2H6/c1-2-3-4-5-6-7-13-23-18(22)15-19(11-12-20)14-17(21)16-9-8-10-16;1-4-6-7-8-9-10-11-12-15(16)13-14(3)5-2;1-4-7-17-13(16)14-9-11(8-10(14)5-2)18-12(15)6-3;1-3-5-6-7-8-9-10-11-12(13)4-2;1-3-4-5-6-7-8-9-10-2;1-3-4-2;1-2/h12,16H,2-11,13-15H2,1H3;14H,4-13H2,1-3H3;10-11H,4-9H2,1-3H3;3-11H2,1-2H3;3-9H2,1-2H3;3-4H2,1-2H3;1-2H3/t;;10-,11?;;;;/m..1..../s1. The van der Waals surface area contributed by atoms with Crippen LogP contribution in [0.5, 0.6) is 0 Å². The first-order chi connectivity index (χ1) is 41.6. The molecule has 2 aliphatic rings. The number of hydrogen-bond acceptors (Lipinski definition) is 12. The van der Waals surface area contributed by atoms with Crippen LogP contribution >= 0.6 is 0 Å². The fourth-order valence-corrected chi connectivity index (χ4v) is 9.18. The van der Waals surface area contributed by atoms with E-state index in [1.54, 1.807) is 23.8 Å². The van der Waals surface area contributed by atoms with E-state index in [9.17, 15) is 33.6 Å². The number of unbranched alkanes of at least 4 members (excludes halogenated alkanes) is 23. The number of carbonyl (C=O) groups is 7. The fraction of sp³-hybridized carbons (Fsp3) is 0.904. The zero-order valence-electron chi connectivity index (χ0n) is 59.5. The third kappa shape index (κ3) is 65.3. The van der Waals surface area contributed by atoms with Crippen molar-refractivity contribution in [3.05, 3.63) is 0 Å². The van der Waals surface area contributed by atoms with Crippen LogP contribution in [0.15, 0.2) is 0 Å². The van der Waals surface area contributed by atoms with Crippen molar-refractivity contribution in [3.63, 3.8) is 0 Å². The van der Waals surface area contributed by atoms with Crippen molar-refractivity contribution >= 4 is 41.7 Å². The van der Waals surface area contributed by atoms with Crippen LogP contribution in [-0.4, -0.2) is 117 Å². The Morgan fingerprint density at radius 1 is 0.523 bits per heavy atom. The van der Waals surface area contributed by atoms with Gasteiger partial charge in [0.15, 0.2) is 0 Å². The number of ether oxygens (including phenoxy) is 4. The van der Waals surface area contributed by atoms with E-state index in [-0.39, 0.29) is 61.5 Å². The summed E-state index contributed by atoms with van der Waals surface area (Å²) in [4.78, 5) is 83.3. The molecular formula is C73H144N2O11. The van der Waals surface area contributed by atoms with E-state index in [1.165, 1.54) is 154 Å². The number of Topliss-reactive ketones (excluding diaryl/α,β-unsaturated/α-hetero) is 3. The first-order valence-electron chi connectivity index (χ1n) is 36.1. The number of rotatable bonds is 47. The molecule has 1 aliphatic heterocycles. The number of carbonyl (C=O) groups excluding carboxylic acids is 7. The summed E-state index contributed by atoms with van der Waals surface area (Å²) in [6.45, 7) is 31.8. The summed E-state index contributed by atoms with van der Waals surface area (Å²) in [5, 5.41) is 0. The molecular weight excluding hydrogens is 1080 g/mol. The largest absolute Gasteiger partial charge is 0.465 e. The molecule has 3 atom stereocenters. The lowest BCUT2D eigenvalue weighted by molar-refractivity contribution is -0.148. The number of methoxy groups -OCH3 is 1. The van der Waals surface area contributed by atoms with Crippen molar-refractivity contribution in [1.29, 1.82) is 0 Å². The van der Waals surface area contributed by atoms with Crippen LogP contribution in [-0.2, 0) is 47.7 Å². The van der Waals surface area contributed by atoms with Gasteiger partial charge in [0.25, 0.3) is 0 Å². The second-order valence-corrected chi connectivity index (χ2v) is 23.6. The predicted molar refractivity (Wildman–Crippen MR) is 363 cm³/mol. The minimum absolute atomic E-state index is 0.0209. The van der Waals surface area contributed by atoms with Crippen molar-refractivity contribution in [3.8, 4) is 0 Å². The maximum absolute atomic E-state index is 12.0. The van der Waals surface area contributed by atoms with E-state index in [0.717, 1.165) is 103 Å². The molecule has 1 heterocycles. The number of likely N-dealkylation sites (tertiary alicyclic amines) is 1. The van der Waals surface area contributed by atoms with Crippen LogP contribution in [0.3, 0.4) is 0 Å². The van der Waals surface area contributed by atoms with E-state index < -0.39 is 0 Å². The Balaban J connectivity index is -0.000000317. The first kappa shape index (κ1) is 91.5. The van der Waals surface area contributed by atoms with Gasteiger partial charge in [-0.3, -0.25) is 28.9 Å². The summed E-state index contributed by atoms with van der Waals surface area (Å²) in [7, 11) is 1.77. The highest BCUT2D eigenvalue weighted by molar-refractivity contribution is 5.84. The van der Waals surface area contributed by atoms with Crippen LogP contribution in [0.2, 0.25) is 0 Å². The molecule has 2 rings (SSSR count). The molecule has 0 spiro atoms. The molecule has 13 heteroatoms. The maximum atomic E-state index is 12.0. The van der Waals surface area contributed by atoms with Crippen molar-refractivity contribution in [2.24, 2.45) is 11.8 Å². The van der Waals surface area contributed by atoms with Gasteiger partial charge in [-0.25, -0.2) is 4.79 Å². The summed E-state index contributed by atoms with van der Waals surface area (Å²) in [6, 6.07) is 0.115. The van der Waals surface area contributed by atoms with Crippen LogP contribution < -0.4 is 0 Å². The van der Waals surface area contributed by atoms with Gasteiger partial charge in [-0.15, -0.1) is 0 Å². The quantitative estimate of drug-likeness (QED) is 0.0246. The molecule has 0 bridgehead atoms. The molecule has 2 unspecified atom stereocenters. The second-order valence-electron chi connectivity index (χ2n) is 23.6. The molecule has 13 nitrogen and oxygen atoms in total. The molecule has 2 fully saturated rings. The smallest absolute Gasteiger partial charge is 0.410 e. The molecule has 1 aliphatic carbocycles. The highest BCUT2D eigenvalue weighted by Crippen LogP contribution is 2.27. The SMILES string of the molecule is CC.CCCC.CCCCCCCCCC(=O)CC.CCCCCCCCCC(=O)CC(C)CC.CCCCCCCCOC.CCCCCCCCOC(=O)CN(CC=O)CC(=O)C1CCC1.CCCOC(=O)N1CC(OC(=O)CC)C[C@H]1CC. The lowest BCUT2D eigenvalue weighted by Gasteiger charge is -2.26. The topological polar surface area (TPSA) is 163 Å². The van der Waals surface area contributed by atoms with Gasteiger partial charge in [-0.05, 0) is 57.3 Å². The minimum atomic E-state index is -0.346. The number of aldehydes is 1. The molecule has 1 amide bonds. The van der Waals surface area contributed by atoms with Crippen molar-refractivity contribution in [1.82, 2.24) is 9.80 Å². The predicted octanol–water partition coefficient (Wildman–Crippen LogP) is 20.2. The molecule has 1 saturated heterocycles. The molecule has 1 saturated carbocycles. The molecule has 0 radical (unpaired) electrons. The summed E-state index contributed by atoms with van der Waals surface area (Å²) in [6.07, 6.45) is 46.0. The highest BCUT2D eigenvalue weighted by atomic mass is 16.6. The molecule has 512 valence electrons. The Labute approximate surface area is 532 Å². The van der Waals surface area contributed by atoms with Gasteiger partial charge >= 0.3 is 18.0 Å². The molecule has 86 heavy (non-hydrogen) atoms. The highest BCUT2D eigenvalue weighted by Gasteiger charge is 2.37. The lowest BCUT2D eigenvalue weighted by atomic mass is 9.82. The van der Waals surface area contributed by atoms with E-state index >= 15 is 0 Å². The number of ketones is 3. The molecule has 0 aromatic rings.